The third-order valence-electron chi connectivity index (χ3n) is 10.0. The molecule has 1 unspecified atom stereocenters. The van der Waals surface area contributed by atoms with Gasteiger partial charge in [-0.1, -0.05) is 45.0 Å². The molecule has 3 fully saturated rings. The lowest BCUT2D eigenvalue weighted by Gasteiger charge is -2.49. The van der Waals surface area contributed by atoms with E-state index in [0.29, 0.717) is 29.3 Å². The Balaban J connectivity index is 1.40. The van der Waals surface area contributed by atoms with Gasteiger partial charge in [-0.3, -0.25) is 9.88 Å². The van der Waals surface area contributed by atoms with Crippen molar-refractivity contribution in [2.24, 2.45) is 11.1 Å². The fraction of sp³-hybridized carbons (Fsp3) is 0.486. The number of aromatic nitrogens is 3. The Morgan fingerprint density at radius 3 is 2.73 bits per heavy atom. The highest BCUT2D eigenvalue weighted by molar-refractivity contribution is 6.00. The Bertz CT molecular complexity index is 1890. The quantitative estimate of drug-likeness (QED) is 0.255. The summed E-state index contributed by atoms with van der Waals surface area (Å²) in [4.78, 5) is 29.7. The van der Waals surface area contributed by atoms with Gasteiger partial charge in [-0.05, 0) is 47.7 Å². The first-order valence-electron chi connectivity index (χ1n) is 16.3. The SMILES string of the molecule is CC(C)(C)C1[C@@H](OC(N)=O)C[C@H](O)CN1c1nc(OC[C@@]23CCCN2C[C@H](F)C3)nc2c(F)c(-c3cc(O)cc4ccccc34)ncc12. The van der Waals surface area contributed by atoms with Crippen LogP contribution in [0.2, 0.25) is 0 Å². The molecule has 11 nitrogen and oxygen atoms in total. The summed E-state index contributed by atoms with van der Waals surface area (Å²) in [5.74, 6) is -0.561. The number of primary amides is 1. The predicted octanol–water partition coefficient (Wildman–Crippen LogP) is 5.09. The summed E-state index contributed by atoms with van der Waals surface area (Å²) in [6.07, 6.45) is -0.0358. The van der Waals surface area contributed by atoms with E-state index in [2.05, 4.69) is 14.9 Å². The number of nitrogens with two attached hydrogens (primary N) is 1. The summed E-state index contributed by atoms with van der Waals surface area (Å²) in [5.41, 5.74) is 4.69. The van der Waals surface area contributed by atoms with Crippen LogP contribution in [0.5, 0.6) is 11.8 Å². The molecule has 0 spiro atoms. The minimum Gasteiger partial charge on any atom is -0.508 e. The molecule has 2 aromatic heterocycles. The molecule has 3 saturated heterocycles. The first-order valence-corrected chi connectivity index (χ1v) is 16.3. The number of rotatable bonds is 6. The predicted molar refractivity (Wildman–Crippen MR) is 176 cm³/mol. The van der Waals surface area contributed by atoms with E-state index in [1.807, 2.05) is 45.0 Å². The number of fused-ring (bicyclic) bond motifs is 3. The molecule has 0 bridgehead atoms. The monoisotopic (exact) mass is 662 g/mol. The van der Waals surface area contributed by atoms with Crippen LogP contribution < -0.4 is 15.4 Å². The van der Waals surface area contributed by atoms with Crippen LogP contribution in [0, 0.1) is 11.2 Å². The normalized spacial score (nSPS) is 26.2. The van der Waals surface area contributed by atoms with Crippen molar-refractivity contribution in [3.63, 3.8) is 0 Å². The van der Waals surface area contributed by atoms with Crippen LogP contribution in [0.3, 0.4) is 0 Å². The number of anilines is 1. The van der Waals surface area contributed by atoms with Gasteiger partial charge in [0.2, 0.25) is 0 Å². The summed E-state index contributed by atoms with van der Waals surface area (Å²) in [5, 5.41) is 23.2. The molecular weight excluding hydrogens is 622 g/mol. The van der Waals surface area contributed by atoms with Crippen molar-refractivity contribution >= 4 is 33.6 Å². The van der Waals surface area contributed by atoms with Gasteiger partial charge >= 0.3 is 12.1 Å². The number of amides is 1. The van der Waals surface area contributed by atoms with Crippen LogP contribution in [-0.2, 0) is 4.74 Å². The second kappa shape index (κ2) is 12.0. The number of piperidine rings is 1. The van der Waals surface area contributed by atoms with Gasteiger partial charge in [0, 0.05) is 37.7 Å². The van der Waals surface area contributed by atoms with E-state index in [9.17, 15) is 19.4 Å². The topological polar surface area (TPSA) is 147 Å². The molecule has 0 aliphatic carbocycles. The average Bonchev–Trinajstić information content (AvgIpc) is 3.54. The van der Waals surface area contributed by atoms with Crippen molar-refractivity contribution in [1.29, 1.82) is 0 Å². The zero-order valence-electron chi connectivity index (χ0n) is 27.2. The number of carbonyl (C=O) groups excluding carboxylic acids is 1. The fourth-order valence-corrected chi connectivity index (χ4v) is 8.15. The second-order valence-electron chi connectivity index (χ2n) is 14.4. The summed E-state index contributed by atoms with van der Waals surface area (Å²) in [7, 11) is 0. The fourth-order valence-electron chi connectivity index (χ4n) is 8.15. The summed E-state index contributed by atoms with van der Waals surface area (Å²) < 4.78 is 43.3. The third kappa shape index (κ3) is 5.72. The number of phenols is 1. The highest BCUT2D eigenvalue weighted by Crippen LogP contribution is 2.43. The smallest absolute Gasteiger partial charge is 0.404 e. The minimum atomic E-state index is -0.973. The second-order valence-corrected chi connectivity index (χ2v) is 14.4. The average molecular weight is 663 g/mol. The van der Waals surface area contributed by atoms with E-state index in [-0.39, 0.29) is 53.7 Å². The van der Waals surface area contributed by atoms with Gasteiger partial charge in [0.15, 0.2) is 5.82 Å². The molecule has 5 heterocycles. The van der Waals surface area contributed by atoms with Crippen molar-refractivity contribution in [2.75, 3.05) is 31.1 Å². The number of hydrogen-bond donors (Lipinski definition) is 3. The van der Waals surface area contributed by atoms with Crippen LogP contribution in [0.15, 0.2) is 42.6 Å². The number of aromatic hydroxyl groups is 1. The minimum absolute atomic E-state index is 0.0252. The third-order valence-corrected chi connectivity index (χ3v) is 10.0. The van der Waals surface area contributed by atoms with Crippen LogP contribution in [-0.4, -0.2) is 92.4 Å². The number of benzene rings is 2. The highest BCUT2D eigenvalue weighted by Gasteiger charge is 2.50. The van der Waals surface area contributed by atoms with Crippen molar-refractivity contribution in [1.82, 2.24) is 19.9 Å². The van der Waals surface area contributed by atoms with Gasteiger partial charge in [0.05, 0.1) is 23.1 Å². The summed E-state index contributed by atoms with van der Waals surface area (Å²) >= 11 is 0. The van der Waals surface area contributed by atoms with E-state index < -0.39 is 47.3 Å². The van der Waals surface area contributed by atoms with Gasteiger partial charge in [0.1, 0.15) is 41.7 Å². The molecule has 0 saturated carbocycles. The molecule has 4 aromatic rings. The molecule has 13 heteroatoms. The number of alkyl halides is 1. The number of aliphatic hydroxyl groups is 1. The number of aliphatic hydroxyl groups excluding tert-OH is 1. The van der Waals surface area contributed by atoms with E-state index in [1.165, 1.54) is 12.3 Å². The Labute approximate surface area is 276 Å². The number of nitrogens with zero attached hydrogens (tertiary/aromatic N) is 5. The highest BCUT2D eigenvalue weighted by atomic mass is 19.1. The van der Waals surface area contributed by atoms with Gasteiger partial charge in [-0.2, -0.15) is 9.97 Å². The van der Waals surface area contributed by atoms with E-state index >= 15 is 4.39 Å². The number of β-amino-alcohol motifs (C(OH)–C–C–N with tert-alkyl or cyclic N) is 1. The van der Waals surface area contributed by atoms with Crippen molar-refractivity contribution in [3.05, 3.63) is 48.4 Å². The molecule has 7 rings (SSSR count). The van der Waals surface area contributed by atoms with E-state index in [4.69, 9.17) is 20.2 Å². The van der Waals surface area contributed by atoms with E-state index in [0.717, 1.165) is 19.4 Å². The maximum atomic E-state index is 16.9. The van der Waals surface area contributed by atoms with Crippen molar-refractivity contribution in [3.8, 4) is 23.0 Å². The van der Waals surface area contributed by atoms with Gasteiger partial charge in [0.25, 0.3) is 0 Å². The Hall–Kier alpha value is -4.36. The number of phenolic OH excluding ortho intramolecular Hbond substituents is 1. The first kappa shape index (κ1) is 32.2. The molecular formula is C35H40F2N6O5. The summed E-state index contributed by atoms with van der Waals surface area (Å²) in [6.45, 7) is 7.22. The first-order chi connectivity index (χ1) is 22.8. The van der Waals surface area contributed by atoms with Crippen LogP contribution in [0.4, 0.5) is 19.4 Å². The standard InChI is InChI=1S/C35H40F2N6O5/c1-34(2,3)30-26(48-32(38)46)13-22(45)17-43(30)31-25-15-39-28(24-12-21(44)11-19-7-4-5-8-23(19)24)27(37)29(25)40-33(41-31)47-18-35-9-6-10-42(35)16-20(36)14-35/h4-5,7-8,11-12,15,20,22,26,30,44-45H,6,9-10,13-14,16-18H2,1-3H3,(H2,38,46)/t20-,22+,26+,30?,35+/m1/s1. The molecule has 3 aliphatic heterocycles. The molecule has 5 atom stereocenters. The van der Waals surface area contributed by atoms with Crippen LogP contribution in [0.1, 0.15) is 46.5 Å². The van der Waals surface area contributed by atoms with Gasteiger partial charge < -0.3 is 30.3 Å². The molecule has 48 heavy (non-hydrogen) atoms. The summed E-state index contributed by atoms with van der Waals surface area (Å²) in [6, 6.07) is 9.70. The molecule has 4 N–H and O–H groups in total. The number of ether oxygens (including phenoxy) is 2. The Kier molecular flexibility index (Phi) is 8.02. The maximum absolute atomic E-state index is 16.9. The van der Waals surface area contributed by atoms with Crippen LogP contribution in [0.25, 0.3) is 32.9 Å². The molecule has 254 valence electrons. The lowest BCUT2D eigenvalue weighted by atomic mass is 9.78. The zero-order valence-corrected chi connectivity index (χ0v) is 27.2. The van der Waals surface area contributed by atoms with Crippen LogP contribution >= 0.6 is 0 Å². The van der Waals surface area contributed by atoms with Crippen molar-refractivity contribution in [2.45, 2.75) is 76.4 Å². The zero-order chi connectivity index (χ0) is 34.0. The molecule has 2 aromatic carbocycles. The molecule has 1 amide bonds. The van der Waals surface area contributed by atoms with Gasteiger partial charge in [-0.15, -0.1) is 0 Å². The lowest BCUT2D eigenvalue weighted by Crippen LogP contribution is -2.60. The largest absolute Gasteiger partial charge is 0.508 e. The molecule has 3 aliphatic rings. The lowest BCUT2D eigenvalue weighted by molar-refractivity contribution is -0.00201. The number of halogens is 2. The Morgan fingerprint density at radius 1 is 1.17 bits per heavy atom. The number of pyridine rings is 1. The van der Waals surface area contributed by atoms with E-state index in [1.54, 1.807) is 11.0 Å². The van der Waals surface area contributed by atoms with Crippen molar-refractivity contribution < 1.29 is 33.3 Å². The molecule has 0 radical (unpaired) electrons. The van der Waals surface area contributed by atoms with Gasteiger partial charge in [-0.25, -0.2) is 13.6 Å². The number of carbonyl (C=O) groups is 1. The number of hydrogen-bond acceptors (Lipinski definition) is 10. The maximum Gasteiger partial charge on any atom is 0.404 e. The Morgan fingerprint density at radius 2 is 1.96 bits per heavy atom.